The fourth-order valence-electron chi connectivity index (χ4n) is 2.57. The highest BCUT2D eigenvalue weighted by Crippen LogP contribution is 2.25. The Morgan fingerprint density at radius 2 is 1.62 bits per heavy atom. The quantitative estimate of drug-likeness (QED) is 0.451. The van der Waals surface area contributed by atoms with E-state index in [0.29, 0.717) is 0 Å². The number of rotatable bonds is 5. The Morgan fingerprint density at radius 3 is 2.19 bits per heavy atom. The molecule has 0 saturated heterocycles. The molecule has 0 N–H and O–H groups in total. The zero-order chi connectivity index (χ0) is 17.8. The van der Waals surface area contributed by atoms with Crippen LogP contribution in [0.1, 0.15) is 16.1 Å². The summed E-state index contributed by atoms with van der Waals surface area (Å²) in [6.07, 6.45) is 0. The minimum Gasteiger partial charge on any atom is -1.00 e. The van der Waals surface area contributed by atoms with Crippen LogP contribution in [0.3, 0.4) is 0 Å². The van der Waals surface area contributed by atoms with Crippen LogP contribution in [0.4, 0.5) is 16.5 Å². The van der Waals surface area contributed by atoms with Crippen molar-refractivity contribution in [3.63, 3.8) is 0 Å². The van der Waals surface area contributed by atoms with Gasteiger partial charge in [-0.2, -0.15) is 0 Å². The van der Waals surface area contributed by atoms with Crippen molar-refractivity contribution in [1.82, 2.24) is 0 Å². The van der Waals surface area contributed by atoms with Gasteiger partial charge in [0.05, 0.1) is 17.0 Å². The molecule has 1 heterocycles. The molecule has 0 aliphatic rings. The Kier molecular flexibility index (Phi) is 7.06. The van der Waals surface area contributed by atoms with Crippen molar-refractivity contribution in [2.75, 3.05) is 11.9 Å². The van der Waals surface area contributed by atoms with E-state index in [1.165, 1.54) is 16.1 Å². The Balaban J connectivity index is 0.00000243. The molecule has 0 unspecified atom stereocenters. The van der Waals surface area contributed by atoms with E-state index < -0.39 is 0 Å². The summed E-state index contributed by atoms with van der Waals surface area (Å²) in [6.45, 7) is 5.09. The number of azo groups is 1. The number of benzene rings is 2. The third-order valence-corrected chi connectivity index (χ3v) is 5.49. The number of thiazole rings is 1. The van der Waals surface area contributed by atoms with Crippen LogP contribution in [0.2, 0.25) is 0 Å². The van der Waals surface area contributed by atoms with Gasteiger partial charge in [-0.3, -0.25) is 0 Å². The zero-order valence-corrected chi connectivity index (χ0v) is 17.9. The number of aryl methyl sites for hydroxylation is 1. The third-order valence-electron chi connectivity index (χ3n) is 4.35. The molecule has 0 bridgehead atoms. The first-order valence-electron chi connectivity index (χ1n) is 8.27. The average Bonchev–Trinajstić information content (AvgIpc) is 2.88. The fourth-order valence-corrected chi connectivity index (χ4v) is 3.48. The van der Waals surface area contributed by atoms with E-state index in [1.807, 2.05) is 25.2 Å². The molecular weight excluding hydrogens is 408 g/mol. The van der Waals surface area contributed by atoms with Crippen LogP contribution in [0, 0.1) is 13.8 Å². The second kappa shape index (κ2) is 9.05. The van der Waals surface area contributed by atoms with Gasteiger partial charge in [-0.05, 0) is 60.1 Å². The van der Waals surface area contributed by atoms with Crippen LogP contribution >= 0.6 is 11.3 Å². The minimum atomic E-state index is 0. The first kappa shape index (κ1) is 20.3. The molecule has 0 atom stereocenters. The SMILES string of the molecule is Cc1sc(N=Nc2ccc(N(C)Cc3ccccc3)cc2)[n+](C)c1C.[Br-]. The van der Waals surface area contributed by atoms with Gasteiger partial charge in [-0.1, -0.05) is 30.3 Å². The molecule has 0 aliphatic carbocycles. The van der Waals surface area contributed by atoms with Crippen molar-refractivity contribution in [3.8, 4) is 0 Å². The molecule has 26 heavy (non-hydrogen) atoms. The topological polar surface area (TPSA) is 31.8 Å². The second-order valence-corrected chi connectivity index (χ2v) is 7.32. The van der Waals surface area contributed by atoms with Gasteiger partial charge in [-0.15, -0.1) is 0 Å². The van der Waals surface area contributed by atoms with E-state index in [0.717, 1.165) is 23.1 Å². The number of hydrogen-bond acceptors (Lipinski definition) is 4. The predicted octanol–water partition coefficient (Wildman–Crippen LogP) is 2.25. The predicted molar refractivity (Wildman–Crippen MR) is 104 cm³/mol. The van der Waals surface area contributed by atoms with Gasteiger partial charge in [0.1, 0.15) is 11.4 Å². The molecular formula is C20H23BrN4S. The molecule has 0 amide bonds. The molecule has 0 aliphatic heterocycles. The van der Waals surface area contributed by atoms with Crippen LogP contribution in [0.15, 0.2) is 64.8 Å². The Labute approximate surface area is 169 Å². The highest BCUT2D eigenvalue weighted by molar-refractivity contribution is 7.14. The summed E-state index contributed by atoms with van der Waals surface area (Å²) in [7, 11) is 4.12. The average molecular weight is 431 g/mol. The van der Waals surface area contributed by atoms with E-state index in [2.05, 4.69) is 77.0 Å². The summed E-state index contributed by atoms with van der Waals surface area (Å²) in [6, 6.07) is 18.7. The summed E-state index contributed by atoms with van der Waals surface area (Å²) in [5.41, 5.74) is 4.55. The molecule has 3 rings (SSSR count). The molecule has 0 spiro atoms. The van der Waals surface area contributed by atoms with Gasteiger partial charge < -0.3 is 21.9 Å². The largest absolute Gasteiger partial charge is 1.00 e. The number of aromatic nitrogens is 1. The normalized spacial score (nSPS) is 10.8. The van der Waals surface area contributed by atoms with Gasteiger partial charge in [-0.25, -0.2) is 4.57 Å². The molecule has 0 radical (unpaired) electrons. The number of anilines is 1. The first-order chi connectivity index (χ1) is 12.0. The van der Waals surface area contributed by atoms with Crippen LogP contribution in [-0.2, 0) is 13.6 Å². The summed E-state index contributed by atoms with van der Waals surface area (Å²) < 4.78 is 2.07. The van der Waals surface area contributed by atoms with Crippen molar-refractivity contribution >= 4 is 27.8 Å². The lowest BCUT2D eigenvalue weighted by atomic mass is 10.2. The maximum absolute atomic E-state index is 4.39. The summed E-state index contributed by atoms with van der Waals surface area (Å²) >= 11 is 1.66. The maximum Gasteiger partial charge on any atom is 0.408 e. The van der Waals surface area contributed by atoms with Gasteiger partial charge in [0.25, 0.3) is 0 Å². The highest BCUT2D eigenvalue weighted by atomic mass is 79.9. The lowest BCUT2D eigenvalue weighted by molar-refractivity contribution is -0.660. The van der Waals surface area contributed by atoms with Crippen molar-refractivity contribution in [1.29, 1.82) is 0 Å². The molecule has 136 valence electrons. The standard InChI is InChI=1S/C20H23N4S.BrH/c1-15-16(2)25-20(24(15)4)22-21-18-10-12-19(13-11-18)23(3)14-17-8-6-5-7-9-17;/h5-13H,14H2,1-4H3;1H/q+1;/p-1. The van der Waals surface area contributed by atoms with Crippen molar-refractivity contribution in [3.05, 3.63) is 70.7 Å². The minimum absolute atomic E-state index is 0. The van der Waals surface area contributed by atoms with Crippen LogP contribution in [0.5, 0.6) is 0 Å². The van der Waals surface area contributed by atoms with Crippen LogP contribution in [0.25, 0.3) is 0 Å². The molecule has 6 heteroatoms. The van der Waals surface area contributed by atoms with Crippen LogP contribution in [-0.4, -0.2) is 7.05 Å². The molecule has 3 aromatic rings. The molecule has 4 nitrogen and oxygen atoms in total. The van der Waals surface area contributed by atoms with Crippen molar-refractivity contribution in [2.24, 2.45) is 17.3 Å². The number of nitrogens with zero attached hydrogens (tertiary/aromatic N) is 4. The Morgan fingerprint density at radius 1 is 0.962 bits per heavy atom. The number of hydrogen-bond donors (Lipinski definition) is 0. The lowest BCUT2D eigenvalue weighted by Crippen LogP contribution is -3.00. The summed E-state index contributed by atoms with van der Waals surface area (Å²) in [4.78, 5) is 3.50. The van der Waals surface area contributed by atoms with Gasteiger partial charge in [0.15, 0.2) is 0 Å². The van der Waals surface area contributed by atoms with Crippen molar-refractivity contribution < 1.29 is 21.5 Å². The zero-order valence-electron chi connectivity index (χ0n) is 15.5. The first-order valence-corrected chi connectivity index (χ1v) is 9.09. The van der Waals surface area contributed by atoms with E-state index in [4.69, 9.17) is 0 Å². The summed E-state index contributed by atoms with van der Waals surface area (Å²) in [5.74, 6) is 0. The van der Waals surface area contributed by atoms with E-state index >= 15 is 0 Å². The van der Waals surface area contributed by atoms with E-state index in [-0.39, 0.29) is 17.0 Å². The molecule has 2 aromatic carbocycles. The van der Waals surface area contributed by atoms with E-state index in [9.17, 15) is 0 Å². The molecule has 0 fully saturated rings. The molecule has 1 aromatic heterocycles. The molecule has 0 saturated carbocycles. The van der Waals surface area contributed by atoms with Gasteiger partial charge in [0.2, 0.25) is 0 Å². The maximum atomic E-state index is 4.39. The monoisotopic (exact) mass is 430 g/mol. The Bertz CT molecular complexity index is 873. The van der Waals surface area contributed by atoms with Gasteiger partial charge in [0, 0.05) is 19.3 Å². The highest BCUT2D eigenvalue weighted by Gasteiger charge is 2.15. The second-order valence-electron chi connectivity index (χ2n) is 6.14. The van der Waals surface area contributed by atoms with Crippen LogP contribution < -0.4 is 26.4 Å². The van der Waals surface area contributed by atoms with Gasteiger partial charge >= 0.3 is 5.13 Å². The third kappa shape index (κ3) is 4.77. The van der Waals surface area contributed by atoms with Crippen molar-refractivity contribution in [2.45, 2.75) is 20.4 Å². The van der Waals surface area contributed by atoms with E-state index in [1.54, 1.807) is 11.3 Å². The lowest BCUT2D eigenvalue weighted by Gasteiger charge is -2.19. The Hall–Kier alpha value is -2.05. The summed E-state index contributed by atoms with van der Waals surface area (Å²) in [5, 5.41) is 9.68. The fraction of sp³-hybridized carbons (Fsp3) is 0.250. The smallest absolute Gasteiger partial charge is 0.408 e. The number of halogens is 1.